The van der Waals surface area contributed by atoms with Gasteiger partial charge in [-0.15, -0.1) is 0 Å². The quantitative estimate of drug-likeness (QED) is 0.346. The summed E-state index contributed by atoms with van der Waals surface area (Å²) < 4.78 is 16.5. The third kappa shape index (κ3) is 4.78. The lowest BCUT2D eigenvalue weighted by atomic mass is 9.98. The number of hydrogen-bond donors (Lipinski definition) is 2. The molecule has 2 N–H and O–H groups in total. The molecule has 0 saturated heterocycles. The molecule has 0 spiro atoms. The van der Waals surface area contributed by atoms with Crippen molar-refractivity contribution < 1.29 is 23.8 Å². The van der Waals surface area contributed by atoms with Crippen molar-refractivity contribution in [1.29, 1.82) is 0 Å². The summed E-state index contributed by atoms with van der Waals surface area (Å²) in [5.41, 5.74) is 6.03. The lowest BCUT2D eigenvalue weighted by Gasteiger charge is -2.20. The van der Waals surface area contributed by atoms with E-state index in [0.29, 0.717) is 23.6 Å². The summed E-state index contributed by atoms with van der Waals surface area (Å²) in [6.07, 6.45) is -0.338. The van der Waals surface area contributed by atoms with Crippen LogP contribution in [0.5, 0.6) is 11.5 Å². The van der Waals surface area contributed by atoms with Crippen molar-refractivity contribution in [3.05, 3.63) is 114 Å². The normalized spacial score (nSPS) is 13.8. The van der Waals surface area contributed by atoms with E-state index < -0.39 is 12.1 Å². The van der Waals surface area contributed by atoms with E-state index in [1.807, 2.05) is 54.6 Å². The highest BCUT2D eigenvalue weighted by molar-refractivity contribution is 5.97. The SMILES string of the molecule is O=C(NC(Cc1ccccc1)C(=O)Nc1ccc2c(c1)OCO2)OCC1c2ccccc2-c2ccccc21. The predicted octanol–water partition coefficient (Wildman–Crippen LogP) is 5.50. The number of nitrogens with one attached hydrogen (secondary N) is 2. The van der Waals surface area contributed by atoms with Crippen molar-refractivity contribution >= 4 is 17.7 Å². The molecule has 1 heterocycles. The number of amides is 2. The number of hydrogen-bond acceptors (Lipinski definition) is 5. The molecule has 0 saturated carbocycles. The summed E-state index contributed by atoms with van der Waals surface area (Å²) in [6, 6.07) is 30.2. The molecule has 0 fully saturated rings. The lowest BCUT2D eigenvalue weighted by Crippen LogP contribution is -2.45. The predicted molar refractivity (Wildman–Crippen MR) is 143 cm³/mol. The summed E-state index contributed by atoms with van der Waals surface area (Å²) >= 11 is 0. The van der Waals surface area contributed by atoms with Gasteiger partial charge in [-0.05, 0) is 39.9 Å². The number of fused-ring (bicyclic) bond motifs is 4. The second-order valence-corrected chi connectivity index (χ2v) is 9.27. The van der Waals surface area contributed by atoms with Gasteiger partial charge in [0.15, 0.2) is 11.5 Å². The van der Waals surface area contributed by atoms with Gasteiger partial charge in [-0.25, -0.2) is 4.79 Å². The van der Waals surface area contributed by atoms with Gasteiger partial charge >= 0.3 is 6.09 Å². The van der Waals surface area contributed by atoms with Crippen molar-refractivity contribution in [2.24, 2.45) is 0 Å². The molecule has 7 nitrogen and oxygen atoms in total. The topological polar surface area (TPSA) is 85.9 Å². The molecule has 6 rings (SSSR count). The number of carbonyl (C=O) groups excluding carboxylic acids is 2. The number of alkyl carbamates (subject to hydrolysis) is 1. The number of rotatable bonds is 7. The minimum absolute atomic E-state index is 0.0665. The van der Waals surface area contributed by atoms with E-state index >= 15 is 0 Å². The van der Waals surface area contributed by atoms with Crippen LogP contribution in [-0.4, -0.2) is 31.4 Å². The van der Waals surface area contributed by atoms with Crippen molar-refractivity contribution in [3.8, 4) is 22.6 Å². The summed E-state index contributed by atoms with van der Waals surface area (Å²) in [4.78, 5) is 26.3. The van der Waals surface area contributed by atoms with Crippen LogP contribution in [0.3, 0.4) is 0 Å². The highest BCUT2D eigenvalue weighted by atomic mass is 16.7. The fourth-order valence-corrected chi connectivity index (χ4v) is 5.05. The molecular weight excluding hydrogens is 480 g/mol. The first-order valence-electron chi connectivity index (χ1n) is 12.5. The number of carbonyl (C=O) groups is 2. The Morgan fingerprint density at radius 3 is 2.21 bits per heavy atom. The maximum absolute atomic E-state index is 13.3. The first kappa shape index (κ1) is 23.6. The molecule has 190 valence electrons. The Balaban J connectivity index is 1.16. The van der Waals surface area contributed by atoms with Crippen LogP contribution in [0.1, 0.15) is 22.6 Å². The van der Waals surface area contributed by atoms with Gasteiger partial charge in [-0.3, -0.25) is 4.79 Å². The molecule has 1 unspecified atom stereocenters. The van der Waals surface area contributed by atoms with Crippen molar-refractivity contribution in [1.82, 2.24) is 5.32 Å². The Bertz CT molecular complexity index is 1440. The Kier molecular flexibility index (Phi) is 6.40. The molecule has 1 atom stereocenters. The van der Waals surface area contributed by atoms with Gasteiger partial charge in [0, 0.05) is 24.1 Å². The molecule has 2 aliphatic rings. The molecular formula is C31H26N2O5. The van der Waals surface area contributed by atoms with Crippen LogP contribution in [0.25, 0.3) is 11.1 Å². The van der Waals surface area contributed by atoms with Gasteiger partial charge in [0.25, 0.3) is 0 Å². The van der Waals surface area contributed by atoms with E-state index in [1.54, 1.807) is 18.2 Å². The zero-order valence-electron chi connectivity index (χ0n) is 20.6. The van der Waals surface area contributed by atoms with Crippen LogP contribution in [0.15, 0.2) is 97.1 Å². The Hall–Kier alpha value is -4.78. The van der Waals surface area contributed by atoms with Gasteiger partial charge in [-0.2, -0.15) is 0 Å². The monoisotopic (exact) mass is 506 g/mol. The van der Waals surface area contributed by atoms with E-state index in [9.17, 15) is 9.59 Å². The molecule has 38 heavy (non-hydrogen) atoms. The molecule has 1 aliphatic carbocycles. The van der Waals surface area contributed by atoms with Crippen LogP contribution in [0.2, 0.25) is 0 Å². The Labute approximate surface area is 220 Å². The van der Waals surface area contributed by atoms with Crippen molar-refractivity contribution in [2.75, 3.05) is 18.7 Å². The molecule has 2 amide bonds. The van der Waals surface area contributed by atoms with Crippen LogP contribution >= 0.6 is 0 Å². The van der Waals surface area contributed by atoms with Gasteiger partial charge in [0.2, 0.25) is 12.7 Å². The lowest BCUT2D eigenvalue weighted by molar-refractivity contribution is -0.118. The average molecular weight is 507 g/mol. The summed E-state index contributed by atoms with van der Waals surface area (Å²) in [5.74, 6) is 0.761. The highest BCUT2D eigenvalue weighted by Gasteiger charge is 2.30. The summed E-state index contributed by atoms with van der Waals surface area (Å²) in [7, 11) is 0. The molecule has 4 aromatic rings. The van der Waals surface area contributed by atoms with Gasteiger partial charge in [-0.1, -0.05) is 78.9 Å². The van der Waals surface area contributed by atoms with Gasteiger partial charge < -0.3 is 24.8 Å². The van der Waals surface area contributed by atoms with Crippen LogP contribution in [0, 0.1) is 0 Å². The molecule has 1 aliphatic heterocycles. The zero-order chi connectivity index (χ0) is 25.9. The standard InChI is InChI=1S/C31H26N2O5/c34-30(32-21-14-15-28-29(17-21)38-19-37-28)27(16-20-8-2-1-3-9-20)33-31(35)36-18-26-24-12-6-4-10-22(24)23-11-5-7-13-25(23)26/h1-15,17,26-27H,16,18-19H2,(H,32,34)(H,33,35). The summed E-state index contributed by atoms with van der Waals surface area (Å²) in [6.45, 7) is 0.314. The fourth-order valence-electron chi connectivity index (χ4n) is 5.05. The number of anilines is 1. The maximum Gasteiger partial charge on any atom is 0.407 e. The largest absolute Gasteiger partial charge is 0.454 e. The van der Waals surface area contributed by atoms with Crippen LogP contribution in [0.4, 0.5) is 10.5 Å². The Morgan fingerprint density at radius 1 is 0.816 bits per heavy atom. The molecule has 0 bridgehead atoms. The van der Waals surface area contributed by atoms with Crippen molar-refractivity contribution in [2.45, 2.75) is 18.4 Å². The zero-order valence-corrected chi connectivity index (χ0v) is 20.6. The van der Waals surface area contributed by atoms with Gasteiger partial charge in [0.1, 0.15) is 12.6 Å². The third-order valence-electron chi connectivity index (χ3n) is 6.88. The second-order valence-electron chi connectivity index (χ2n) is 9.27. The maximum atomic E-state index is 13.3. The van der Waals surface area contributed by atoms with Crippen LogP contribution < -0.4 is 20.1 Å². The van der Waals surface area contributed by atoms with E-state index in [1.165, 1.54) is 0 Å². The fraction of sp³-hybridized carbons (Fsp3) is 0.161. The smallest absolute Gasteiger partial charge is 0.407 e. The van der Waals surface area contributed by atoms with Crippen molar-refractivity contribution in [3.63, 3.8) is 0 Å². The Morgan fingerprint density at radius 2 is 1.47 bits per heavy atom. The second kappa shape index (κ2) is 10.3. The minimum Gasteiger partial charge on any atom is -0.454 e. The average Bonchev–Trinajstić information content (AvgIpc) is 3.54. The minimum atomic E-state index is -0.849. The molecule has 4 aromatic carbocycles. The van der Waals surface area contributed by atoms with E-state index in [4.69, 9.17) is 14.2 Å². The first-order valence-corrected chi connectivity index (χ1v) is 12.5. The number of benzene rings is 4. The first-order chi connectivity index (χ1) is 18.7. The molecule has 0 radical (unpaired) electrons. The number of ether oxygens (including phenoxy) is 3. The van der Waals surface area contributed by atoms with E-state index in [0.717, 1.165) is 27.8 Å². The van der Waals surface area contributed by atoms with Crippen LogP contribution in [-0.2, 0) is 16.0 Å². The summed E-state index contributed by atoms with van der Waals surface area (Å²) in [5, 5.41) is 5.66. The van der Waals surface area contributed by atoms with E-state index in [-0.39, 0.29) is 25.2 Å². The van der Waals surface area contributed by atoms with E-state index in [2.05, 4.69) is 34.9 Å². The molecule has 7 heteroatoms. The third-order valence-corrected chi connectivity index (χ3v) is 6.88. The highest BCUT2D eigenvalue weighted by Crippen LogP contribution is 2.44. The van der Waals surface area contributed by atoms with Gasteiger partial charge in [0.05, 0.1) is 0 Å². The molecule has 0 aromatic heterocycles.